The summed E-state index contributed by atoms with van der Waals surface area (Å²) < 4.78 is 17.7. The molecule has 306 valence electrons. The molecule has 1 saturated heterocycles. The van der Waals surface area contributed by atoms with Gasteiger partial charge in [-0.3, -0.25) is 14.6 Å². The second kappa shape index (κ2) is 16.8. The number of phenolic OH excluding ortho intramolecular Hbond substituents is 3. The fraction of sp³-hybridized carbons (Fsp3) is 0.537. The molecule has 0 unspecified atom stereocenters. The number of ether oxygens (including phenoxy) is 3. The molecule has 7 N–H and O–H groups in total. The number of hydrazone groups is 1. The van der Waals surface area contributed by atoms with E-state index >= 15 is 0 Å². The number of hydrogen-bond acceptors (Lipinski definition) is 14. The number of hydrogen-bond donors (Lipinski definition) is 7. The third-order valence-corrected chi connectivity index (χ3v) is 11.6. The molecular weight excluding hydrogens is 724 g/mol. The zero-order valence-corrected chi connectivity index (χ0v) is 33.5. The van der Waals surface area contributed by atoms with Crippen molar-refractivity contribution in [1.82, 2.24) is 9.91 Å². The van der Waals surface area contributed by atoms with Crippen LogP contribution in [-0.4, -0.2) is 129 Å². The Labute approximate surface area is 327 Å². The SMILES string of the molecule is CO[C@H]1C=CO[C@@]2(C)Oc3c(C)c(O)c4c(O)c(c(C=NN5CCN(C)CC5)c(O)c4c3C2=O)NC(=O)C(C)=CC=C[C@H](C)[C@H](O)[C@@H](C)[C@@H](O)[C@@H](C)[C@H](O)[C@@H]1C. The number of methoxy groups -OCH3 is 1. The van der Waals surface area contributed by atoms with Gasteiger partial charge in [-0.2, -0.15) is 5.10 Å². The number of fused-ring (bicyclic) bond motifs is 14. The zero-order chi connectivity index (χ0) is 41.4. The number of rotatable bonds is 3. The summed E-state index contributed by atoms with van der Waals surface area (Å²) in [7, 11) is 3.43. The van der Waals surface area contributed by atoms with E-state index in [9.17, 15) is 40.2 Å². The molecule has 1 amide bonds. The molecule has 0 spiro atoms. The second-order valence-electron chi connectivity index (χ2n) is 15.5. The topological polar surface area (TPSA) is 214 Å². The fourth-order valence-corrected chi connectivity index (χ4v) is 7.53. The van der Waals surface area contributed by atoms with Gasteiger partial charge in [0.2, 0.25) is 0 Å². The minimum atomic E-state index is -2.01. The molecule has 9 atom stereocenters. The molecule has 4 aliphatic heterocycles. The van der Waals surface area contributed by atoms with Crippen LogP contribution in [0.4, 0.5) is 5.69 Å². The van der Waals surface area contributed by atoms with Gasteiger partial charge in [0.25, 0.3) is 11.7 Å². The van der Waals surface area contributed by atoms with Crippen molar-refractivity contribution in [1.29, 1.82) is 0 Å². The third kappa shape index (κ3) is 7.96. The van der Waals surface area contributed by atoms with Crippen LogP contribution >= 0.6 is 0 Å². The molecule has 6 rings (SSSR count). The van der Waals surface area contributed by atoms with Gasteiger partial charge >= 0.3 is 5.79 Å². The number of nitrogens with one attached hydrogen (secondary N) is 1. The average molecular weight is 781 g/mol. The third-order valence-electron chi connectivity index (χ3n) is 11.6. The van der Waals surface area contributed by atoms with Crippen LogP contribution in [0.15, 0.2) is 41.2 Å². The first-order valence-electron chi connectivity index (χ1n) is 18.9. The summed E-state index contributed by atoms with van der Waals surface area (Å²) in [4.78, 5) is 30.1. The van der Waals surface area contributed by atoms with Crippen molar-refractivity contribution >= 4 is 34.4 Å². The van der Waals surface area contributed by atoms with E-state index in [-0.39, 0.29) is 44.5 Å². The van der Waals surface area contributed by atoms with E-state index in [1.807, 2.05) is 7.05 Å². The van der Waals surface area contributed by atoms with Crippen molar-refractivity contribution < 1.29 is 54.4 Å². The molecule has 0 aromatic heterocycles. The van der Waals surface area contributed by atoms with Crippen LogP contribution in [0.1, 0.15) is 63.0 Å². The lowest BCUT2D eigenvalue weighted by Gasteiger charge is -2.36. The van der Waals surface area contributed by atoms with Crippen LogP contribution in [-0.2, 0) is 14.3 Å². The summed E-state index contributed by atoms with van der Waals surface area (Å²) in [5, 5.41) is 77.6. The Hall–Kier alpha value is -4.67. The molecule has 0 radical (unpaired) electrons. The quantitative estimate of drug-likeness (QED) is 0.134. The van der Waals surface area contributed by atoms with Crippen molar-refractivity contribution in [2.75, 3.05) is 45.7 Å². The summed E-state index contributed by atoms with van der Waals surface area (Å²) >= 11 is 0. The number of anilines is 1. The van der Waals surface area contributed by atoms with Gasteiger partial charge < -0.3 is 55.1 Å². The van der Waals surface area contributed by atoms with Crippen LogP contribution < -0.4 is 10.1 Å². The Kier molecular flexibility index (Phi) is 12.8. The number of carbonyl (C=O) groups excluding carboxylic acids is 2. The maximum atomic E-state index is 14.3. The number of allylic oxidation sites excluding steroid dienone is 2. The first-order valence-corrected chi connectivity index (χ1v) is 18.9. The van der Waals surface area contributed by atoms with Crippen molar-refractivity contribution in [3.63, 3.8) is 0 Å². The van der Waals surface area contributed by atoms with Gasteiger partial charge in [-0.15, -0.1) is 0 Å². The van der Waals surface area contributed by atoms with Gasteiger partial charge in [0.05, 0.1) is 59.1 Å². The Bertz CT molecular complexity index is 1950. The number of aliphatic hydroxyl groups excluding tert-OH is 3. The minimum Gasteiger partial charge on any atom is -0.507 e. The van der Waals surface area contributed by atoms with Crippen LogP contribution in [0.25, 0.3) is 10.8 Å². The Morgan fingerprint density at radius 3 is 2.16 bits per heavy atom. The van der Waals surface area contributed by atoms with Crippen molar-refractivity contribution in [2.45, 2.75) is 78.7 Å². The van der Waals surface area contributed by atoms with Crippen molar-refractivity contribution in [2.24, 2.45) is 28.8 Å². The molecular formula is C41H56N4O11. The molecule has 15 heteroatoms. The van der Waals surface area contributed by atoms with Crippen LogP contribution in [0.5, 0.6) is 23.0 Å². The summed E-state index contributed by atoms with van der Waals surface area (Å²) in [5.41, 5.74) is -0.290. The number of benzene rings is 2. The van der Waals surface area contributed by atoms with E-state index in [1.165, 1.54) is 52.5 Å². The van der Waals surface area contributed by atoms with E-state index < -0.39 is 82.8 Å². The second-order valence-corrected chi connectivity index (χ2v) is 15.5. The van der Waals surface area contributed by atoms with Gasteiger partial charge in [-0.25, -0.2) is 0 Å². The molecule has 56 heavy (non-hydrogen) atoms. The van der Waals surface area contributed by atoms with Crippen LogP contribution in [0.3, 0.4) is 0 Å². The lowest BCUT2D eigenvalue weighted by molar-refractivity contribution is -0.112. The van der Waals surface area contributed by atoms with Gasteiger partial charge in [0.15, 0.2) is 5.75 Å². The zero-order valence-electron chi connectivity index (χ0n) is 33.5. The van der Waals surface area contributed by atoms with Gasteiger partial charge in [-0.05, 0) is 27.0 Å². The number of aliphatic hydroxyl groups is 3. The van der Waals surface area contributed by atoms with Gasteiger partial charge in [0, 0.05) is 80.4 Å². The number of likely N-dealkylation sites (N-methyl/N-ethyl adjacent to an activating group) is 1. The molecule has 2 aromatic carbocycles. The number of phenols is 3. The first-order chi connectivity index (χ1) is 26.3. The first kappa shape index (κ1) is 42.5. The Balaban J connectivity index is 1.70. The fourth-order valence-electron chi connectivity index (χ4n) is 7.53. The predicted molar refractivity (Wildman–Crippen MR) is 211 cm³/mol. The van der Waals surface area contributed by atoms with Gasteiger partial charge in [0.1, 0.15) is 17.2 Å². The van der Waals surface area contributed by atoms with Crippen molar-refractivity contribution in [3.05, 3.63) is 52.8 Å². The largest absolute Gasteiger partial charge is 0.507 e. The normalized spacial score (nSPS) is 31.2. The number of amides is 1. The maximum Gasteiger partial charge on any atom is 0.312 e. The lowest BCUT2D eigenvalue weighted by atomic mass is 9.78. The van der Waals surface area contributed by atoms with E-state index in [1.54, 1.807) is 44.9 Å². The smallest absolute Gasteiger partial charge is 0.312 e. The summed E-state index contributed by atoms with van der Waals surface area (Å²) in [6.45, 7) is 13.8. The van der Waals surface area contributed by atoms with E-state index in [2.05, 4.69) is 15.3 Å². The van der Waals surface area contributed by atoms with Crippen LogP contribution in [0, 0.1) is 30.6 Å². The number of carbonyl (C=O) groups is 2. The molecule has 0 saturated carbocycles. The van der Waals surface area contributed by atoms with Gasteiger partial charge in [-0.1, -0.05) is 45.9 Å². The number of aromatic hydroxyl groups is 3. The monoisotopic (exact) mass is 780 g/mol. The number of Topliss-reactive ketones (excluding diaryl/α,β-unsaturated/α-hetero) is 1. The molecule has 1 fully saturated rings. The molecule has 4 aliphatic rings. The number of piperazine rings is 1. The molecule has 2 aromatic rings. The van der Waals surface area contributed by atoms with E-state index in [0.717, 1.165) is 13.1 Å². The van der Waals surface area contributed by atoms with Crippen LogP contribution in [0.2, 0.25) is 0 Å². The van der Waals surface area contributed by atoms with E-state index in [4.69, 9.17) is 14.2 Å². The standard InChI is InChI=1S/C41H56N4O11/c1-20-11-10-12-21(2)40(53)43-31-26(19-42-45-16-14-44(8)15-17-45)36(50)28-29(37(31)51)35(49)25(6)38-30(28)39(52)41(7,56-38)55-18-13-27(54-9)22(3)33(47)24(5)34(48)23(4)32(20)46/h10-13,18-20,22-24,27,32-34,46-51H,14-17H2,1-9H3,(H,43,53)/t20-,22+,23+,24-,27-,32-,33+,34+,41-/m0/s1. The highest BCUT2D eigenvalue weighted by atomic mass is 16.7. The molecule has 15 nitrogen and oxygen atoms in total. The highest BCUT2D eigenvalue weighted by Crippen LogP contribution is 2.55. The maximum absolute atomic E-state index is 14.3. The molecule has 5 bridgehead atoms. The van der Waals surface area contributed by atoms with Crippen molar-refractivity contribution in [3.8, 4) is 23.0 Å². The molecule has 4 heterocycles. The molecule has 0 aliphatic carbocycles. The Morgan fingerprint density at radius 1 is 0.893 bits per heavy atom. The summed E-state index contributed by atoms with van der Waals surface area (Å²) in [5.74, 6) is -7.59. The minimum absolute atomic E-state index is 0.0688. The number of ketones is 1. The highest BCUT2D eigenvalue weighted by molar-refractivity contribution is 6.23. The average Bonchev–Trinajstić information content (AvgIpc) is 3.44. The number of nitrogens with zero attached hydrogens (tertiary/aromatic N) is 3. The summed E-state index contributed by atoms with van der Waals surface area (Å²) in [6, 6.07) is 0. The lowest BCUT2D eigenvalue weighted by Crippen LogP contribution is -2.44. The Morgan fingerprint density at radius 2 is 1.52 bits per heavy atom. The highest BCUT2D eigenvalue weighted by Gasteiger charge is 2.50. The van der Waals surface area contributed by atoms with E-state index in [0.29, 0.717) is 13.1 Å². The predicted octanol–water partition coefficient (Wildman–Crippen LogP) is 3.76. The summed E-state index contributed by atoms with van der Waals surface area (Å²) in [6.07, 6.45) is 4.79.